The van der Waals surface area contributed by atoms with Crippen LogP contribution in [0.3, 0.4) is 0 Å². The summed E-state index contributed by atoms with van der Waals surface area (Å²) in [5, 5.41) is 2.81. The highest BCUT2D eigenvalue weighted by Gasteiger charge is 2.29. The van der Waals surface area contributed by atoms with Gasteiger partial charge in [-0.2, -0.15) is 0 Å². The van der Waals surface area contributed by atoms with E-state index < -0.39 is 5.60 Å². The van der Waals surface area contributed by atoms with Gasteiger partial charge in [-0.15, -0.1) is 0 Å². The lowest BCUT2D eigenvalue weighted by Crippen LogP contribution is -2.30. The van der Waals surface area contributed by atoms with Gasteiger partial charge < -0.3 is 10.1 Å². The molecule has 0 spiro atoms. The third-order valence-corrected chi connectivity index (χ3v) is 3.14. The summed E-state index contributed by atoms with van der Waals surface area (Å²) in [6.07, 6.45) is 0.788. The van der Waals surface area contributed by atoms with Gasteiger partial charge in [0.05, 0.1) is 12.1 Å². The Kier molecular flexibility index (Phi) is 3.84. The minimum Gasteiger partial charge on any atom is -0.485 e. The van der Waals surface area contributed by atoms with Gasteiger partial charge in [-0.05, 0) is 38.0 Å². The van der Waals surface area contributed by atoms with Crippen LogP contribution < -0.4 is 10.1 Å². The number of hydrogen-bond donors (Lipinski definition) is 1. The molecular weight excluding hydrogens is 254 g/mol. The fourth-order valence-electron chi connectivity index (χ4n) is 2.29. The van der Waals surface area contributed by atoms with Crippen molar-refractivity contribution in [1.29, 1.82) is 0 Å². The largest absolute Gasteiger partial charge is 0.485 e. The van der Waals surface area contributed by atoms with Crippen LogP contribution in [-0.2, 0) is 4.79 Å². The number of amides is 1. The molecule has 0 radical (unpaired) electrons. The van der Waals surface area contributed by atoms with Gasteiger partial charge in [-0.25, -0.2) is 0 Å². The van der Waals surface area contributed by atoms with Crippen molar-refractivity contribution in [3.8, 4) is 5.75 Å². The molecule has 20 heavy (non-hydrogen) atoms. The van der Waals surface area contributed by atoms with Crippen LogP contribution in [0.2, 0.25) is 0 Å². The Morgan fingerprint density at radius 1 is 1.40 bits per heavy atom. The third kappa shape index (κ3) is 3.38. The van der Waals surface area contributed by atoms with Gasteiger partial charge in [-0.3, -0.25) is 9.59 Å². The number of rotatable bonds is 3. The number of carbonyl (C=O) groups is 2. The smallest absolute Gasteiger partial charge is 0.228 e. The predicted molar refractivity (Wildman–Crippen MR) is 78.2 cm³/mol. The van der Waals surface area contributed by atoms with E-state index in [9.17, 15) is 9.59 Å². The van der Waals surface area contributed by atoms with Crippen LogP contribution in [0.4, 0.5) is 5.69 Å². The quantitative estimate of drug-likeness (QED) is 0.860. The minimum absolute atomic E-state index is 0.0838. The number of Topliss-reactive ketones (excluding diaryl/α,β-unsaturated/α-hetero) is 1. The van der Waals surface area contributed by atoms with Gasteiger partial charge >= 0.3 is 0 Å². The van der Waals surface area contributed by atoms with E-state index >= 15 is 0 Å². The molecule has 4 nitrogen and oxygen atoms in total. The first-order valence-electron chi connectivity index (χ1n) is 6.93. The normalized spacial score (nSPS) is 16.9. The molecule has 1 aliphatic rings. The van der Waals surface area contributed by atoms with Crippen molar-refractivity contribution in [2.45, 2.75) is 46.1 Å². The Balaban J connectivity index is 2.32. The van der Waals surface area contributed by atoms with Gasteiger partial charge in [-0.1, -0.05) is 13.8 Å². The van der Waals surface area contributed by atoms with Crippen molar-refractivity contribution < 1.29 is 14.3 Å². The van der Waals surface area contributed by atoms with Crippen molar-refractivity contribution in [3.05, 3.63) is 23.8 Å². The summed E-state index contributed by atoms with van der Waals surface area (Å²) in [7, 11) is 0. The molecular formula is C16H21NO3. The maximum Gasteiger partial charge on any atom is 0.228 e. The number of anilines is 1. The predicted octanol–water partition coefficient (Wildman–Crippen LogP) is 3.42. The summed E-state index contributed by atoms with van der Waals surface area (Å²) in [5.74, 6) is 0.913. The van der Waals surface area contributed by atoms with Crippen molar-refractivity contribution in [2.24, 2.45) is 5.92 Å². The standard InChI is InChI=1S/C16H21NO3/c1-10(2)7-13(18)11-5-6-14-12(8-11)17-15(19)9-16(3,4)20-14/h5-6,8,10H,7,9H2,1-4H3,(H,17,19). The summed E-state index contributed by atoms with van der Waals surface area (Å²) in [4.78, 5) is 23.9. The van der Waals surface area contributed by atoms with E-state index in [1.165, 1.54) is 0 Å². The lowest BCUT2D eigenvalue weighted by Gasteiger charge is -2.23. The summed E-state index contributed by atoms with van der Waals surface area (Å²) in [6, 6.07) is 5.23. The Hall–Kier alpha value is -1.84. The van der Waals surface area contributed by atoms with E-state index in [4.69, 9.17) is 4.74 Å². The third-order valence-electron chi connectivity index (χ3n) is 3.14. The van der Waals surface area contributed by atoms with Crippen LogP contribution >= 0.6 is 0 Å². The Labute approximate surface area is 119 Å². The minimum atomic E-state index is -0.543. The highest BCUT2D eigenvalue weighted by Crippen LogP contribution is 2.33. The van der Waals surface area contributed by atoms with Gasteiger partial charge in [0.15, 0.2) is 5.78 Å². The summed E-state index contributed by atoms with van der Waals surface area (Å²) in [5.41, 5.74) is 0.648. The first-order chi connectivity index (χ1) is 9.27. The molecule has 1 aromatic rings. The molecule has 0 atom stereocenters. The topological polar surface area (TPSA) is 55.4 Å². The van der Waals surface area contributed by atoms with Crippen molar-refractivity contribution in [3.63, 3.8) is 0 Å². The fourth-order valence-corrected chi connectivity index (χ4v) is 2.29. The highest BCUT2D eigenvalue weighted by atomic mass is 16.5. The molecule has 0 unspecified atom stereocenters. The first kappa shape index (κ1) is 14.6. The summed E-state index contributed by atoms with van der Waals surface area (Å²) in [6.45, 7) is 7.77. The molecule has 1 N–H and O–H groups in total. The SMILES string of the molecule is CC(C)CC(=O)c1ccc2c(c1)NC(=O)CC(C)(C)O2. The fraction of sp³-hybridized carbons (Fsp3) is 0.500. The zero-order valence-electron chi connectivity index (χ0n) is 12.4. The second-order valence-electron chi connectivity index (χ2n) is 6.32. The molecule has 0 aliphatic carbocycles. The maximum atomic E-state index is 12.1. The van der Waals surface area contributed by atoms with Crippen LogP contribution in [0, 0.1) is 5.92 Å². The number of ketones is 1. The number of hydrogen-bond acceptors (Lipinski definition) is 3. The molecule has 1 aliphatic heterocycles. The van der Waals surface area contributed by atoms with Crippen molar-refractivity contribution >= 4 is 17.4 Å². The van der Waals surface area contributed by atoms with Crippen LogP contribution in [0.25, 0.3) is 0 Å². The zero-order chi connectivity index (χ0) is 14.9. The monoisotopic (exact) mass is 275 g/mol. The average Bonchev–Trinajstić information content (AvgIpc) is 2.39. The molecule has 0 bridgehead atoms. The molecule has 0 saturated carbocycles. The van der Waals surface area contributed by atoms with Crippen LogP contribution in [0.5, 0.6) is 5.75 Å². The maximum absolute atomic E-state index is 12.1. The molecule has 0 fully saturated rings. The van der Waals surface area contributed by atoms with Gasteiger partial charge in [0.25, 0.3) is 0 Å². The molecule has 2 rings (SSSR count). The number of ether oxygens (including phenoxy) is 1. The Morgan fingerprint density at radius 2 is 2.10 bits per heavy atom. The van der Waals surface area contributed by atoms with Crippen molar-refractivity contribution in [1.82, 2.24) is 0 Å². The Bertz CT molecular complexity index is 547. The van der Waals surface area contributed by atoms with E-state index in [0.717, 1.165) is 0 Å². The number of benzene rings is 1. The van der Waals surface area contributed by atoms with Crippen LogP contribution in [-0.4, -0.2) is 17.3 Å². The molecule has 1 aromatic carbocycles. The molecule has 1 heterocycles. The molecule has 4 heteroatoms. The van der Waals surface area contributed by atoms with E-state index in [0.29, 0.717) is 29.3 Å². The first-order valence-corrected chi connectivity index (χ1v) is 6.93. The van der Waals surface area contributed by atoms with Crippen LogP contribution in [0.15, 0.2) is 18.2 Å². The lowest BCUT2D eigenvalue weighted by molar-refractivity contribution is -0.118. The number of nitrogens with one attached hydrogen (secondary N) is 1. The lowest BCUT2D eigenvalue weighted by atomic mass is 10.0. The zero-order valence-corrected chi connectivity index (χ0v) is 12.4. The van der Waals surface area contributed by atoms with E-state index in [1.807, 2.05) is 27.7 Å². The van der Waals surface area contributed by atoms with E-state index in [-0.39, 0.29) is 18.1 Å². The van der Waals surface area contributed by atoms with E-state index in [1.54, 1.807) is 18.2 Å². The second kappa shape index (κ2) is 5.27. The van der Waals surface area contributed by atoms with E-state index in [2.05, 4.69) is 5.32 Å². The van der Waals surface area contributed by atoms with Gasteiger partial charge in [0.2, 0.25) is 5.91 Å². The molecule has 0 aromatic heterocycles. The van der Waals surface area contributed by atoms with Gasteiger partial charge in [0.1, 0.15) is 11.4 Å². The highest BCUT2D eigenvalue weighted by molar-refractivity contribution is 6.00. The van der Waals surface area contributed by atoms with Crippen LogP contribution in [0.1, 0.15) is 50.9 Å². The summed E-state index contributed by atoms with van der Waals surface area (Å²) < 4.78 is 5.84. The molecule has 1 amide bonds. The van der Waals surface area contributed by atoms with Gasteiger partial charge in [0, 0.05) is 12.0 Å². The summed E-state index contributed by atoms with van der Waals surface area (Å²) >= 11 is 0. The van der Waals surface area contributed by atoms with Crippen molar-refractivity contribution in [2.75, 3.05) is 5.32 Å². The molecule has 0 saturated heterocycles. The number of fused-ring (bicyclic) bond motifs is 1. The average molecular weight is 275 g/mol. The second-order valence-corrected chi connectivity index (χ2v) is 6.32. The molecule has 108 valence electrons. The Morgan fingerprint density at radius 3 is 2.75 bits per heavy atom. The number of carbonyl (C=O) groups excluding carboxylic acids is 2.